The van der Waals surface area contributed by atoms with Gasteiger partial charge in [-0.25, -0.2) is 4.98 Å². The molecular weight excluding hydrogens is 272 g/mol. The Kier molecular flexibility index (Phi) is 6.10. The minimum Gasteiger partial charge on any atom is -0.369 e. The predicted molar refractivity (Wildman–Crippen MR) is 68.6 cm³/mol. The summed E-state index contributed by atoms with van der Waals surface area (Å²) in [4.78, 5) is 17.7. The summed E-state index contributed by atoms with van der Waals surface area (Å²) in [5.41, 5.74) is 5.23. The summed E-state index contributed by atoms with van der Waals surface area (Å²) in [6, 6.07) is 0. The number of nitrogens with zero attached hydrogens (tertiary/aromatic N) is 1. The molecule has 0 aliphatic carbocycles. The average Bonchev–Trinajstić information content (AvgIpc) is 2.29. The van der Waals surface area contributed by atoms with Gasteiger partial charge < -0.3 is 16.0 Å². The molecule has 16 heavy (non-hydrogen) atoms. The van der Waals surface area contributed by atoms with E-state index in [1.165, 1.54) is 6.33 Å². The Labute approximate surface area is 103 Å². The van der Waals surface area contributed by atoms with E-state index in [0.29, 0.717) is 10.3 Å². The first-order chi connectivity index (χ1) is 7.75. The first kappa shape index (κ1) is 13.2. The minimum absolute atomic E-state index is 0.166. The SMILES string of the molecule is NCCCCCCNc1nc[nH]c(=O)c1Br. The lowest BCUT2D eigenvalue weighted by molar-refractivity contribution is 0.660. The maximum absolute atomic E-state index is 11.2. The number of aromatic nitrogens is 2. The molecule has 0 radical (unpaired) electrons. The van der Waals surface area contributed by atoms with Crippen molar-refractivity contribution in [3.8, 4) is 0 Å². The van der Waals surface area contributed by atoms with Crippen LogP contribution in [-0.2, 0) is 0 Å². The number of nitrogens with two attached hydrogens (primary N) is 1. The molecule has 90 valence electrons. The highest BCUT2D eigenvalue weighted by Crippen LogP contribution is 2.13. The largest absolute Gasteiger partial charge is 0.369 e. The van der Waals surface area contributed by atoms with Crippen molar-refractivity contribution in [1.82, 2.24) is 9.97 Å². The van der Waals surface area contributed by atoms with Gasteiger partial charge in [0.25, 0.3) is 5.56 Å². The second kappa shape index (κ2) is 7.40. The summed E-state index contributed by atoms with van der Waals surface area (Å²) in [6.45, 7) is 1.58. The number of anilines is 1. The lowest BCUT2D eigenvalue weighted by Crippen LogP contribution is -2.12. The third-order valence-corrected chi connectivity index (χ3v) is 2.96. The predicted octanol–water partition coefficient (Wildman–Crippen LogP) is 1.46. The van der Waals surface area contributed by atoms with Crippen LogP contribution in [0.5, 0.6) is 0 Å². The van der Waals surface area contributed by atoms with Crippen molar-refractivity contribution >= 4 is 21.7 Å². The van der Waals surface area contributed by atoms with E-state index in [1.807, 2.05) is 0 Å². The van der Waals surface area contributed by atoms with Gasteiger partial charge in [0.2, 0.25) is 0 Å². The smallest absolute Gasteiger partial charge is 0.267 e. The standard InChI is InChI=1S/C10H17BrN4O/c11-8-9(14-7-15-10(8)16)13-6-4-2-1-3-5-12/h7H,1-6,12H2,(H2,13,14,15,16). The van der Waals surface area contributed by atoms with E-state index in [-0.39, 0.29) is 5.56 Å². The van der Waals surface area contributed by atoms with E-state index < -0.39 is 0 Å². The van der Waals surface area contributed by atoms with Crippen molar-refractivity contribution < 1.29 is 0 Å². The van der Waals surface area contributed by atoms with Crippen molar-refractivity contribution in [3.63, 3.8) is 0 Å². The molecule has 0 aliphatic rings. The molecule has 0 amide bonds. The van der Waals surface area contributed by atoms with Crippen LogP contribution < -0.4 is 16.6 Å². The molecule has 0 aliphatic heterocycles. The molecule has 0 aromatic carbocycles. The van der Waals surface area contributed by atoms with Crippen LogP contribution in [-0.4, -0.2) is 23.1 Å². The van der Waals surface area contributed by atoms with Crippen LogP contribution in [0, 0.1) is 0 Å². The van der Waals surface area contributed by atoms with Gasteiger partial charge in [-0.2, -0.15) is 0 Å². The van der Waals surface area contributed by atoms with Gasteiger partial charge in [-0.15, -0.1) is 0 Å². The third-order valence-electron chi connectivity index (χ3n) is 2.22. The van der Waals surface area contributed by atoms with E-state index in [4.69, 9.17) is 5.73 Å². The molecule has 1 heterocycles. The molecule has 1 aromatic rings. The van der Waals surface area contributed by atoms with Gasteiger partial charge >= 0.3 is 0 Å². The van der Waals surface area contributed by atoms with Crippen molar-refractivity contribution in [3.05, 3.63) is 21.2 Å². The maximum Gasteiger partial charge on any atom is 0.267 e. The first-order valence-electron chi connectivity index (χ1n) is 5.43. The Hall–Kier alpha value is -0.880. The molecule has 0 unspecified atom stereocenters. The fourth-order valence-electron chi connectivity index (χ4n) is 1.34. The van der Waals surface area contributed by atoms with Gasteiger partial charge in [0.15, 0.2) is 0 Å². The number of halogens is 1. The fourth-order valence-corrected chi connectivity index (χ4v) is 1.69. The molecular formula is C10H17BrN4O. The van der Waals surface area contributed by atoms with Gasteiger partial charge in [0.05, 0.1) is 6.33 Å². The summed E-state index contributed by atoms with van der Waals surface area (Å²) in [5.74, 6) is 0.600. The fraction of sp³-hybridized carbons (Fsp3) is 0.600. The van der Waals surface area contributed by atoms with Crippen LogP contribution in [0.3, 0.4) is 0 Å². The van der Waals surface area contributed by atoms with Crippen LogP contribution in [0.25, 0.3) is 0 Å². The first-order valence-corrected chi connectivity index (χ1v) is 6.22. The summed E-state index contributed by atoms with van der Waals surface area (Å²) in [5, 5.41) is 3.12. The van der Waals surface area contributed by atoms with Gasteiger partial charge in [0.1, 0.15) is 10.3 Å². The molecule has 1 aromatic heterocycles. The Morgan fingerprint density at radius 3 is 2.88 bits per heavy atom. The number of unbranched alkanes of at least 4 members (excludes halogenated alkanes) is 3. The quantitative estimate of drug-likeness (QED) is 0.664. The molecule has 4 N–H and O–H groups in total. The average molecular weight is 289 g/mol. The van der Waals surface area contributed by atoms with Crippen LogP contribution in [0.1, 0.15) is 25.7 Å². The highest BCUT2D eigenvalue weighted by atomic mass is 79.9. The molecule has 0 spiro atoms. The Bertz CT molecular complexity index is 366. The van der Waals surface area contributed by atoms with Crippen LogP contribution in [0.2, 0.25) is 0 Å². The van der Waals surface area contributed by atoms with Gasteiger partial charge in [-0.05, 0) is 35.3 Å². The zero-order chi connectivity index (χ0) is 11.8. The van der Waals surface area contributed by atoms with Crippen LogP contribution >= 0.6 is 15.9 Å². The molecule has 0 saturated carbocycles. The second-order valence-electron chi connectivity index (χ2n) is 3.52. The lowest BCUT2D eigenvalue weighted by Gasteiger charge is -2.06. The number of nitrogens with one attached hydrogen (secondary N) is 2. The number of hydrogen-bond donors (Lipinski definition) is 3. The van der Waals surface area contributed by atoms with E-state index in [9.17, 15) is 4.79 Å². The Balaban J connectivity index is 2.27. The number of H-pyrrole nitrogens is 1. The molecule has 0 bridgehead atoms. The van der Waals surface area contributed by atoms with Crippen molar-refractivity contribution in [1.29, 1.82) is 0 Å². The zero-order valence-corrected chi connectivity index (χ0v) is 10.7. The topological polar surface area (TPSA) is 83.8 Å². The third kappa shape index (κ3) is 4.32. The highest BCUT2D eigenvalue weighted by Gasteiger charge is 2.03. The zero-order valence-electron chi connectivity index (χ0n) is 9.13. The number of rotatable bonds is 7. The highest BCUT2D eigenvalue weighted by molar-refractivity contribution is 9.10. The Morgan fingerprint density at radius 1 is 1.38 bits per heavy atom. The lowest BCUT2D eigenvalue weighted by atomic mass is 10.2. The van der Waals surface area contributed by atoms with Gasteiger partial charge in [-0.3, -0.25) is 4.79 Å². The number of hydrogen-bond acceptors (Lipinski definition) is 4. The molecule has 0 atom stereocenters. The summed E-state index contributed by atoms with van der Waals surface area (Å²) in [7, 11) is 0. The molecule has 1 rings (SSSR count). The summed E-state index contributed by atoms with van der Waals surface area (Å²) < 4.78 is 0.456. The normalized spacial score (nSPS) is 10.4. The van der Waals surface area contributed by atoms with E-state index in [0.717, 1.165) is 38.8 Å². The molecule has 0 fully saturated rings. The van der Waals surface area contributed by atoms with Crippen molar-refractivity contribution in [2.45, 2.75) is 25.7 Å². The van der Waals surface area contributed by atoms with Crippen LogP contribution in [0.4, 0.5) is 5.82 Å². The Morgan fingerprint density at radius 2 is 2.12 bits per heavy atom. The van der Waals surface area contributed by atoms with Crippen LogP contribution in [0.15, 0.2) is 15.6 Å². The second-order valence-corrected chi connectivity index (χ2v) is 4.32. The maximum atomic E-state index is 11.2. The minimum atomic E-state index is -0.166. The van der Waals surface area contributed by atoms with E-state index in [2.05, 4.69) is 31.2 Å². The van der Waals surface area contributed by atoms with Crippen molar-refractivity contribution in [2.24, 2.45) is 5.73 Å². The molecule has 6 heteroatoms. The van der Waals surface area contributed by atoms with E-state index >= 15 is 0 Å². The molecule has 0 saturated heterocycles. The van der Waals surface area contributed by atoms with E-state index in [1.54, 1.807) is 0 Å². The van der Waals surface area contributed by atoms with Crippen molar-refractivity contribution in [2.75, 3.05) is 18.4 Å². The van der Waals surface area contributed by atoms with Gasteiger partial charge in [0, 0.05) is 6.54 Å². The van der Waals surface area contributed by atoms with Gasteiger partial charge in [-0.1, -0.05) is 12.8 Å². The monoisotopic (exact) mass is 288 g/mol. The number of aromatic amines is 1. The molecule has 5 nitrogen and oxygen atoms in total. The summed E-state index contributed by atoms with van der Waals surface area (Å²) >= 11 is 3.19. The summed E-state index contributed by atoms with van der Waals surface area (Å²) in [6.07, 6.45) is 5.82.